The highest BCUT2D eigenvalue weighted by Gasteiger charge is 2.21. The Labute approximate surface area is 172 Å². The fourth-order valence-electron chi connectivity index (χ4n) is 3.45. The molecule has 0 unspecified atom stereocenters. The molecule has 0 spiro atoms. The summed E-state index contributed by atoms with van der Waals surface area (Å²) >= 11 is 0. The third-order valence-corrected chi connectivity index (χ3v) is 4.95. The summed E-state index contributed by atoms with van der Waals surface area (Å²) in [6, 6.07) is 20.2. The number of rotatable bonds is 4. The fourth-order valence-corrected chi connectivity index (χ4v) is 3.45. The average molecular weight is 400 g/mol. The van der Waals surface area contributed by atoms with E-state index in [4.69, 9.17) is 0 Å². The number of carbonyl (C=O) groups is 2. The SMILES string of the molecule is CN(CC(=O)Nc1cccc2ccccc12)C(=O)c1nn(C)c(=O)c2ccccc12. The minimum Gasteiger partial charge on any atom is -0.331 e. The summed E-state index contributed by atoms with van der Waals surface area (Å²) in [4.78, 5) is 39.2. The van der Waals surface area contributed by atoms with Gasteiger partial charge < -0.3 is 10.2 Å². The lowest BCUT2D eigenvalue weighted by atomic mass is 10.1. The molecular formula is C23H20N4O3. The summed E-state index contributed by atoms with van der Waals surface area (Å²) in [6.45, 7) is -0.152. The summed E-state index contributed by atoms with van der Waals surface area (Å²) in [5.41, 5.74) is 0.538. The second kappa shape index (κ2) is 7.79. The van der Waals surface area contributed by atoms with Crippen molar-refractivity contribution in [2.24, 2.45) is 7.05 Å². The van der Waals surface area contributed by atoms with Gasteiger partial charge in [-0.1, -0.05) is 54.6 Å². The number of nitrogens with zero attached hydrogens (tertiary/aromatic N) is 3. The standard InChI is InChI=1S/C23H20N4O3/c1-26(14-20(28)24-19-13-7-9-15-8-3-4-10-16(15)19)23(30)21-17-11-5-6-12-18(17)22(29)27(2)25-21/h3-13H,14H2,1-2H3,(H,24,28). The van der Waals surface area contributed by atoms with Crippen molar-refractivity contribution in [2.45, 2.75) is 0 Å². The van der Waals surface area contributed by atoms with Crippen LogP contribution >= 0.6 is 0 Å². The van der Waals surface area contributed by atoms with E-state index >= 15 is 0 Å². The molecule has 7 heteroatoms. The lowest BCUT2D eigenvalue weighted by Crippen LogP contribution is -2.36. The fraction of sp³-hybridized carbons (Fsp3) is 0.130. The van der Waals surface area contributed by atoms with Crippen LogP contribution in [-0.2, 0) is 11.8 Å². The molecule has 4 aromatic rings. The largest absolute Gasteiger partial charge is 0.331 e. The summed E-state index contributed by atoms with van der Waals surface area (Å²) in [7, 11) is 3.03. The van der Waals surface area contributed by atoms with E-state index in [-0.39, 0.29) is 23.7 Å². The van der Waals surface area contributed by atoms with Gasteiger partial charge in [0.25, 0.3) is 11.5 Å². The molecular weight excluding hydrogens is 380 g/mol. The molecule has 1 N–H and O–H groups in total. The van der Waals surface area contributed by atoms with Crippen molar-refractivity contribution in [3.8, 4) is 0 Å². The van der Waals surface area contributed by atoms with Gasteiger partial charge in [-0.15, -0.1) is 0 Å². The Morgan fingerprint density at radius 1 is 0.933 bits per heavy atom. The van der Waals surface area contributed by atoms with Crippen molar-refractivity contribution in [2.75, 3.05) is 18.9 Å². The highest BCUT2D eigenvalue weighted by Crippen LogP contribution is 2.23. The predicted octanol–water partition coefficient (Wildman–Crippen LogP) is 2.80. The van der Waals surface area contributed by atoms with Crippen molar-refractivity contribution >= 4 is 39.0 Å². The number of anilines is 1. The maximum atomic E-state index is 13.0. The third-order valence-electron chi connectivity index (χ3n) is 4.95. The van der Waals surface area contributed by atoms with Gasteiger partial charge in [-0.2, -0.15) is 5.10 Å². The van der Waals surface area contributed by atoms with Crippen LogP contribution in [0, 0.1) is 0 Å². The van der Waals surface area contributed by atoms with Crippen LogP contribution in [0.5, 0.6) is 0 Å². The molecule has 0 saturated heterocycles. The first-order valence-corrected chi connectivity index (χ1v) is 9.45. The van der Waals surface area contributed by atoms with E-state index in [9.17, 15) is 14.4 Å². The van der Waals surface area contributed by atoms with Crippen LogP contribution in [0.25, 0.3) is 21.5 Å². The van der Waals surface area contributed by atoms with Crippen LogP contribution in [0.1, 0.15) is 10.5 Å². The summed E-state index contributed by atoms with van der Waals surface area (Å²) < 4.78 is 1.14. The van der Waals surface area contributed by atoms with Gasteiger partial charge >= 0.3 is 0 Å². The summed E-state index contributed by atoms with van der Waals surface area (Å²) in [6.07, 6.45) is 0. The number of carbonyl (C=O) groups excluding carboxylic acids is 2. The summed E-state index contributed by atoms with van der Waals surface area (Å²) in [5, 5.41) is 9.82. The number of hydrogen-bond acceptors (Lipinski definition) is 4. The number of nitrogens with one attached hydrogen (secondary N) is 1. The Balaban J connectivity index is 1.57. The van der Waals surface area contributed by atoms with Gasteiger partial charge in [-0.3, -0.25) is 14.4 Å². The van der Waals surface area contributed by atoms with Crippen molar-refractivity contribution in [3.63, 3.8) is 0 Å². The number of aromatic nitrogens is 2. The molecule has 0 aliphatic rings. The van der Waals surface area contributed by atoms with E-state index in [1.807, 2.05) is 42.5 Å². The van der Waals surface area contributed by atoms with Crippen molar-refractivity contribution in [3.05, 3.63) is 82.8 Å². The zero-order valence-electron chi connectivity index (χ0n) is 16.6. The van der Waals surface area contributed by atoms with E-state index in [0.29, 0.717) is 16.5 Å². The molecule has 0 saturated carbocycles. The molecule has 1 aromatic heterocycles. The molecule has 1 heterocycles. The second-order valence-electron chi connectivity index (χ2n) is 7.06. The molecule has 30 heavy (non-hydrogen) atoms. The minimum absolute atomic E-state index is 0.133. The van der Waals surface area contributed by atoms with Gasteiger partial charge in [-0.25, -0.2) is 4.68 Å². The number of fused-ring (bicyclic) bond motifs is 2. The van der Waals surface area contributed by atoms with Crippen molar-refractivity contribution < 1.29 is 9.59 Å². The van der Waals surface area contributed by atoms with Crippen LogP contribution < -0.4 is 10.9 Å². The third kappa shape index (κ3) is 3.53. The topological polar surface area (TPSA) is 84.3 Å². The Morgan fingerprint density at radius 2 is 1.57 bits per heavy atom. The Hall–Kier alpha value is -4.00. The molecule has 0 aliphatic heterocycles. The normalized spacial score (nSPS) is 10.9. The van der Waals surface area contributed by atoms with Crippen LogP contribution in [0.3, 0.4) is 0 Å². The molecule has 4 rings (SSSR count). The predicted molar refractivity (Wildman–Crippen MR) is 117 cm³/mol. The Morgan fingerprint density at radius 3 is 2.33 bits per heavy atom. The zero-order chi connectivity index (χ0) is 21.3. The molecule has 3 aromatic carbocycles. The lowest BCUT2D eigenvalue weighted by Gasteiger charge is -2.18. The monoisotopic (exact) mass is 400 g/mol. The van der Waals surface area contributed by atoms with Gasteiger partial charge in [0, 0.05) is 30.6 Å². The van der Waals surface area contributed by atoms with Gasteiger partial charge in [0.05, 0.1) is 11.9 Å². The molecule has 0 radical (unpaired) electrons. The van der Waals surface area contributed by atoms with Crippen LogP contribution in [0.15, 0.2) is 71.5 Å². The number of likely N-dealkylation sites (N-methyl/N-ethyl adjacent to an activating group) is 1. The molecule has 0 fully saturated rings. The highest BCUT2D eigenvalue weighted by atomic mass is 16.2. The van der Waals surface area contributed by atoms with Crippen LogP contribution in [-0.4, -0.2) is 40.1 Å². The van der Waals surface area contributed by atoms with Gasteiger partial charge in [0.1, 0.15) is 0 Å². The first kappa shape index (κ1) is 19.3. The Kier molecular flexibility index (Phi) is 5.02. The van der Waals surface area contributed by atoms with Crippen molar-refractivity contribution in [1.82, 2.24) is 14.7 Å². The maximum Gasteiger partial charge on any atom is 0.275 e. The van der Waals surface area contributed by atoms with E-state index in [1.165, 1.54) is 19.0 Å². The number of hydrogen-bond donors (Lipinski definition) is 1. The second-order valence-corrected chi connectivity index (χ2v) is 7.06. The number of benzene rings is 3. The first-order valence-electron chi connectivity index (χ1n) is 9.45. The molecule has 0 aliphatic carbocycles. The first-order chi connectivity index (χ1) is 14.5. The minimum atomic E-state index is -0.435. The van der Waals surface area contributed by atoms with Gasteiger partial charge in [0.2, 0.25) is 5.91 Å². The maximum absolute atomic E-state index is 13.0. The van der Waals surface area contributed by atoms with E-state index in [1.54, 1.807) is 24.3 Å². The quantitative estimate of drug-likeness (QED) is 0.571. The smallest absolute Gasteiger partial charge is 0.275 e. The average Bonchev–Trinajstić information content (AvgIpc) is 2.76. The molecule has 7 nitrogen and oxygen atoms in total. The molecule has 0 bridgehead atoms. The van der Waals surface area contributed by atoms with Crippen molar-refractivity contribution in [1.29, 1.82) is 0 Å². The van der Waals surface area contributed by atoms with Crippen LogP contribution in [0.4, 0.5) is 5.69 Å². The number of aryl methyl sites for hydroxylation is 1. The molecule has 2 amide bonds. The molecule has 150 valence electrons. The van der Waals surface area contributed by atoms with E-state index in [2.05, 4.69) is 10.4 Å². The molecule has 0 atom stereocenters. The Bertz CT molecular complexity index is 1340. The van der Waals surface area contributed by atoms with Gasteiger partial charge in [-0.05, 0) is 17.5 Å². The zero-order valence-corrected chi connectivity index (χ0v) is 16.6. The number of amides is 2. The van der Waals surface area contributed by atoms with Crippen LogP contribution in [0.2, 0.25) is 0 Å². The highest BCUT2D eigenvalue weighted by molar-refractivity contribution is 6.07. The summed E-state index contributed by atoms with van der Waals surface area (Å²) in [5.74, 6) is -0.758. The van der Waals surface area contributed by atoms with Gasteiger partial charge in [0.15, 0.2) is 5.69 Å². The lowest BCUT2D eigenvalue weighted by molar-refractivity contribution is -0.116. The van der Waals surface area contributed by atoms with E-state index < -0.39 is 5.91 Å². The van der Waals surface area contributed by atoms with E-state index in [0.717, 1.165) is 15.5 Å².